The molecule has 2 atom stereocenters. The average Bonchev–Trinajstić information content (AvgIpc) is 2.42. The van der Waals surface area contributed by atoms with Gasteiger partial charge in [-0.3, -0.25) is 4.79 Å². The molecule has 1 saturated heterocycles. The van der Waals surface area contributed by atoms with Crippen LogP contribution in [0.1, 0.15) is 30.7 Å². The van der Waals surface area contributed by atoms with Crippen molar-refractivity contribution >= 4 is 21.9 Å². The van der Waals surface area contributed by atoms with E-state index < -0.39 is 0 Å². The maximum absolute atomic E-state index is 12.1. The smallest absolute Gasteiger partial charge is 0.314 e. The van der Waals surface area contributed by atoms with E-state index in [9.17, 15) is 4.79 Å². The second-order valence-electron chi connectivity index (χ2n) is 4.58. The number of rotatable bonds is 3. The van der Waals surface area contributed by atoms with Crippen molar-refractivity contribution in [1.29, 1.82) is 0 Å². The number of carbonyl (C=O) groups excluding carboxylic acids is 1. The standard InChI is InChI=1S/C14H18BrNO2/c1-18-14(17)13(12-8-4-5-9-16-12)10-6-2-3-7-11(10)15/h2-3,6-7,12-13,16H,4-5,8-9H2,1H3/t12?,13-/m0/s1. The predicted octanol–water partition coefficient (Wildman–Crippen LogP) is 2.85. The molecule has 18 heavy (non-hydrogen) atoms. The molecule has 3 nitrogen and oxygen atoms in total. The lowest BCUT2D eigenvalue weighted by atomic mass is 9.86. The van der Waals surface area contributed by atoms with E-state index in [1.165, 1.54) is 13.5 Å². The molecule has 2 rings (SSSR count). The molecule has 1 unspecified atom stereocenters. The van der Waals surface area contributed by atoms with E-state index in [1.807, 2.05) is 24.3 Å². The Morgan fingerprint density at radius 1 is 1.44 bits per heavy atom. The van der Waals surface area contributed by atoms with Gasteiger partial charge in [0.2, 0.25) is 0 Å². The van der Waals surface area contributed by atoms with Gasteiger partial charge in [0.25, 0.3) is 0 Å². The SMILES string of the molecule is COC(=O)[C@@H](c1ccccc1Br)C1CCCCN1. The Balaban J connectivity index is 2.30. The number of halogens is 1. The summed E-state index contributed by atoms with van der Waals surface area (Å²) in [6.45, 7) is 0.975. The molecule has 0 aromatic heterocycles. The molecule has 98 valence electrons. The first kappa shape index (κ1) is 13.6. The molecule has 1 aromatic carbocycles. The van der Waals surface area contributed by atoms with Crippen molar-refractivity contribution in [1.82, 2.24) is 5.32 Å². The molecule has 0 amide bonds. The van der Waals surface area contributed by atoms with Gasteiger partial charge in [-0.1, -0.05) is 40.5 Å². The van der Waals surface area contributed by atoms with Crippen LogP contribution >= 0.6 is 15.9 Å². The molecule has 1 aliphatic rings. The summed E-state index contributed by atoms with van der Waals surface area (Å²) in [5.74, 6) is -0.396. The van der Waals surface area contributed by atoms with Crippen LogP contribution in [0.15, 0.2) is 28.7 Å². The fraction of sp³-hybridized carbons (Fsp3) is 0.500. The van der Waals surface area contributed by atoms with Crippen LogP contribution in [0.4, 0.5) is 0 Å². The van der Waals surface area contributed by atoms with Crippen molar-refractivity contribution in [3.63, 3.8) is 0 Å². The molecular weight excluding hydrogens is 294 g/mol. The Hall–Kier alpha value is -0.870. The van der Waals surface area contributed by atoms with Gasteiger partial charge < -0.3 is 10.1 Å². The van der Waals surface area contributed by atoms with Gasteiger partial charge in [0, 0.05) is 10.5 Å². The summed E-state index contributed by atoms with van der Waals surface area (Å²) in [4.78, 5) is 12.1. The van der Waals surface area contributed by atoms with Gasteiger partial charge in [-0.05, 0) is 31.0 Å². The van der Waals surface area contributed by atoms with E-state index in [0.717, 1.165) is 29.4 Å². The lowest BCUT2D eigenvalue weighted by Gasteiger charge is -2.30. The number of hydrogen-bond donors (Lipinski definition) is 1. The maximum atomic E-state index is 12.1. The van der Waals surface area contributed by atoms with Crippen LogP contribution in [0.25, 0.3) is 0 Å². The predicted molar refractivity (Wildman–Crippen MR) is 74.5 cm³/mol. The van der Waals surface area contributed by atoms with E-state index in [4.69, 9.17) is 4.74 Å². The van der Waals surface area contributed by atoms with Gasteiger partial charge in [-0.15, -0.1) is 0 Å². The zero-order chi connectivity index (χ0) is 13.0. The molecule has 1 aliphatic heterocycles. The van der Waals surface area contributed by atoms with Crippen molar-refractivity contribution in [3.05, 3.63) is 34.3 Å². The highest BCUT2D eigenvalue weighted by Crippen LogP contribution is 2.31. The summed E-state index contributed by atoms with van der Waals surface area (Å²) >= 11 is 3.53. The van der Waals surface area contributed by atoms with Gasteiger partial charge in [0.15, 0.2) is 0 Å². The third kappa shape index (κ3) is 2.93. The average molecular weight is 312 g/mol. The zero-order valence-electron chi connectivity index (χ0n) is 10.5. The van der Waals surface area contributed by atoms with E-state index in [2.05, 4.69) is 21.2 Å². The van der Waals surface area contributed by atoms with E-state index in [-0.39, 0.29) is 17.9 Å². The van der Waals surface area contributed by atoms with Crippen LogP contribution in [-0.2, 0) is 9.53 Å². The lowest BCUT2D eigenvalue weighted by molar-refractivity contribution is -0.143. The Kier molecular flexibility index (Phi) is 4.78. The number of carbonyl (C=O) groups is 1. The fourth-order valence-corrected chi connectivity index (χ4v) is 3.06. The van der Waals surface area contributed by atoms with Crippen molar-refractivity contribution in [2.45, 2.75) is 31.2 Å². The van der Waals surface area contributed by atoms with Gasteiger partial charge in [0.05, 0.1) is 13.0 Å². The summed E-state index contributed by atoms with van der Waals surface area (Å²) < 4.78 is 5.94. The first-order valence-electron chi connectivity index (χ1n) is 6.29. The van der Waals surface area contributed by atoms with Crippen molar-refractivity contribution < 1.29 is 9.53 Å². The second kappa shape index (κ2) is 6.34. The highest BCUT2D eigenvalue weighted by molar-refractivity contribution is 9.10. The monoisotopic (exact) mass is 311 g/mol. The third-order valence-corrected chi connectivity index (χ3v) is 4.17. The quantitative estimate of drug-likeness (QED) is 0.872. The number of ether oxygens (including phenoxy) is 1. The van der Waals surface area contributed by atoms with Crippen LogP contribution < -0.4 is 5.32 Å². The summed E-state index contributed by atoms with van der Waals surface area (Å²) in [6.07, 6.45) is 3.36. The minimum absolute atomic E-state index is 0.165. The molecule has 1 N–H and O–H groups in total. The Morgan fingerprint density at radius 2 is 2.22 bits per heavy atom. The van der Waals surface area contributed by atoms with Crippen molar-refractivity contribution in [2.24, 2.45) is 0 Å². The normalized spacial score (nSPS) is 21.3. The molecule has 4 heteroatoms. The minimum Gasteiger partial charge on any atom is -0.469 e. The summed E-state index contributed by atoms with van der Waals surface area (Å²) in [7, 11) is 1.45. The van der Waals surface area contributed by atoms with Crippen LogP contribution in [-0.4, -0.2) is 25.7 Å². The second-order valence-corrected chi connectivity index (χ2v) is 5.43. The topological polar surface area (TPSA) is 38.3 Å². The highest BCUT2D eigenvalue weighted by atomic mass is 79.9. The number of hydrogen-bond acceptors (Lipinski definition) is 3. The lowest BCUT2D eigenvalue weighted by Crippen LogP contribution is -2.42. The number of esters is 1. The van der Waals surface area contributed by atoms with Crippen LogP contribution in [0.3, 0.4) is 0 Å². The first-order valence-corrected chi connectivity index (χ1v) is 7.09. The van der Waals surface area contributed by atoms with E-state index >= 15 is 0 Å². The third-order valence-electron chi connectivity index (χ3n) is 3.45. The molecule has 0 spiro atoms. The van der Waals surface area contributed by atoms with Crippen molar-refractivity contribution in [3.8, 4) is 0 Å². The number of piperidine rings is 1. The maximum Gasteiger partial charge on any atom is 0.314 e. The Bertz CT molecular complexity index is 416. The molecule has 0 aliphatic carbocycles. The van der Waals surface area contributed by atoms with Crippen molar-refractivity contribution in [2.75, 3.05) is 13.7 Å². The molecule has 1 aromatic rings. The molecule has 0 bridgehead atoms. The molecule has 1 heterocycles. The fourth-order valence-electron chi connectivity index (χ4n) is 2.53. The largest absolute Gasteiger partial charge is 0.469 e. The first-order chi connectivity index (χ1) is 8.74. The number of benzene rings is 1. The van der Waals surface area contributed by atoms with E-state index in [1.54, 1.807) is 0 Å². The Morgan fingerprint density at radius 3 is 2.83 bits per heavy atom. The number of nitrogens with one attached hydrogen (secondary N) is 1. The molecular formula is C14H18BrNO2. The zero-order valence-corrected chi connectivity index (χ0v) is 12.1. The summed E-state index contributed by atoms with van der Waals surface area (Å²) in [5, 5.41) is 3.44. The summed E-state index contributed by atoms with van der Waals surface area (Å²) in [6, 6.07) is 8.04. The van der Waals surface area contributed by atoms with Gasteiger partial charge >= 0.3 is 5.97 Å². The van der Waals surface area contributed by atoms with Crippen LogP contribution in [0, 0.1) is 0 Å². The highest BCUT2D eigenvalue weighted by Gasteiger charge is 2.32. The molecule has 0 radical (unpaired) electrons. The molecule has 1 fully saturated rings. The van der Waals surface area contributed by atoms with Gasteiger partial charge in [-0.2, -0.15) is 0 Å². The van der Waals surface area contributed by atoms with Crippen LogP contribution in [0.2, 0.25) is 0 Å². The van der Waals surface area contributed by atoms with Gasteiger partial charge in [-0.25, -0.2) is 0 Å². The number of methoxy groups -OCH3 is 1. The van der Waals surface area contributed by atoms with E-state index in [0.29, 0.717) is 0 Å². The Labute approximate surface area is 116 Å². The summed E-state index contributed by atoms with van der Waals surface area (Å²) in [5.41, 5.74) is 1.00. The molecule has 0 saturated carbocycles. The van der Waals surface area contributed by atoms with Gasteiger partial charge in [0.1, 0.15) is 0 Å². The van der Waals surface area contributed by atoms with Crippen LogP contribution in [0.5, 0.6) is 0 Å². The minimum atomic E-state index is -0.231.